The van der Waals surface area contributed by atoms with Crippen LogP contribution in [0.5, 0.6) is 0 Å². The molecule has 0 bridgehead atoms. The summed E-state index contributed by atoms with van der Waals surface area (Å²) in [5.41, 5.74) is 2.17. The Morgan fingerprint density at radius 2 is 0.971 bits per heavy atom. The average Bonchev–Trinajstić information content (AvgIpc) is 2.78. The molecule has 4 N–H and O–H groups in total. The van der Waals surface area contributed by atoms with Gasteiger partial charge in [0.2, 0.25) is 0 Å². The van der Waals surface area contributed by atoms with E-state index < -0.39 is 9.85 Å². The predicted octanol–water partition coefficient (Wildman–Crippen LogP) is 3.64. The van der Waals surface area contributed by atoms with E-state index in [1.165, 1.54) is 50.2 Å². The number of nitrogens with zero attached hydrogens (tertiary/aromatic N) is 6. The second-order valence-corrected chi connectivity index (χ2v) is 6.30. The van der Waals surface area contributed by atoms with Crippen LogP contribution in [0.3, 0.4) is 0 Å². The molecule has 0 aliphatic carbocycles. The first-order valence-corrected chi connectivity index (χ1v) is 9.03. The van der Waals surface area contributed by atoms with E-state index in [-0.39, 0.29) is 50.8 Å². The number of benzene rings is 2. The Bertz CT molecular complexity index is 1030. The monoisotopic (exact) mass is 532 g/mol. The van der Waals surface area contributed by atoms with Crippen LogP contribution in [0.2, 0.25) is 0 Å². The first-order chi connectivity index (χ1) is 15.1. The zero-order chi connectivity index (χ0) is 24.3. The summed E-state index contributed by atoms with van der Waals surface area (Å²) in [6.07, 6.45) is 0. The van der Waals surface area contributed by atoms with E-state index in [2.05, 4.69) is 20.3 Å². The zero-order valence-electron chi connectivity index (χ0n) is 19.1. The second-order valence-electron chi connectivity index (χ2n) is 6.30. The van der Waals surface area contributed by atoms with E-state index in [0.717, 1.165) is 0 Å². The summed E-state index contributed by atoms with van der Waals surface area (Å²) in [7, 11) is 0. The summed E-state index contributed by atoms with van der Waals surface area (Å²) in [5, 5.41) is 47.0. The van der Waals surface area contributed by atoms with Gasteiger partial charge in [-0.15, -0.1) is 0 Å². The van der Waals surface area contributed by atoms with E-state index in [4.69, 9.17) is 0 Å². The van der Waals surface area contributed by atoms with Crippen molar-refractivity contribution in [1.82, 2.24) is 0 Å². The Kier molecular flexibility index (Phi) is 17.7. The molecule has 14 nitrogen and oxygen atoms in total. The van der Waals surface area contributed by atoms with Gasteiger partial charge in [0.1, 0.15) is 0 Å². The molecule has 0 spiro atoms. The van der Waals surface area contributed by atoms with Gasteiger partial charge < -0.3 is 31.7 Å². The molecule has 2 aromatic carbocycles. The van der Waals surface area contributed by atoms with Gasteiger partial charge >= 0.3 is 17.1 Å². The Labute approximate surface area is 210 Å². The molecule has 0 saturated heterocycles. The maximum Gasteiger partial charge on any atom is 2.00 e. The number of rotatable bonds is 6. The largest absolute Gasteiger partial charge is 2.00 e. The van der Waals surface area contributed by atoms with Crippen molar-refractivity contribution in [1.29, 1.82) is 0 Å². The smallest absolute Gasteiger partial charge is 0.792 e. The van der Waals surface area contributed by atoms with Crippen LogP contribution in [0.15, 0.2) is 68.8 Å². The molecular weight excluding hydrogens is 508 g/mol. The van der Waals surface area contributed by atoms with Crippen LogP contribution >= 0.6 is 0 Å². The van der Waals surface area contributed by atoms with Crippen LogP contribution in [-0.2, 0) is 17.1 Å². The first kappa shape index (κ1) is 35.5. The summed E-state index contributed by atoms with van der Waals surface area (Å²) in [6, 6.07) is 11.7. The van der Waals surface area contributed by atoms with Crippen molar-refractivity contribution in [3.8, 4) is 0 Å². The number of nitro benzene ring substituents is 2. The van der Waals surface area contributed by atoms with Gasteiger partial charge in [-0.1, -0.05) is 12.1 Å². The minimum absolute atomic E-state index is 0. The van der Waals surface area contributed by atoms with Gasteiger partial charge in [-0.3, -0.25) is 30.2 Å². The average molecular weight is 532 g/mol. The van der Waals surface area contributed by atoms with Gasteiger partial charge in [0, 0.05) is 35.7 Å². The van der Waals surface area contributed by atoms with Gasteiger partial charge in [0.15, 0.2) is 0 Å². The molecule has 15 heteroatoms. The Balaban J connectivity index is -0.000000539. The third-order valence-corrected chi connectivity index (χ3v) is 4.00. The minimum Gasteiger partial charge on any atom is -0.792 e. The van der Waals surface area contributed by atoms with Gasteiger partial charge in [0.05, 0.1) is 32.6 Å². The third kappa shape index (κ3) is 12.1. The van der Waals surface area contributed by atoms with Gasteiger partial charge in [-0.05, 0) is 39.8 Å². The Morgan fingerprint density at radius 3 is 1.23 bits per heavy atom. The molecule has 35 heavy (non-hydrogen) atoms. The number of hydrogen-bond donors (Lipinski definition) is 0. The molecule has 0 aliphatic heterocycles. The van der Waals surface area contributed by atoms with E-state index in [1.807, 2.05) is 0 Å². The summed E-state index contributed by atoms with van der Waals surface area (Å²) < 4.78 is 0. The van der Waals surface area contributed by atoms with Crippen molar-refractivity contribution in [2.45, 2.75) is 27.7 Å². The maximum absolute atomic E-state index is 10.5. The molecule has 0 radical (unpaired) electrons. The van der Waals surface area contributed by atoms with Crippen LogP contribution < -0.4 is 0 Å². The molecular formula is C20H24FeN6O8. The normalized spacial score (nSPS) is 11.5. The first-order valence-electron chi connectivity index (χ1n) is 9.03. The topological polar surface area (TPSA) is 245 Å². The summed E-state index contributed by atoms with van der Waals surface area (Å²) in [5.74, 6) is 0. The SMILES string of the molecule is CC(=Nc1cccc([N+](=O)[O-])c1)/C(C)=N\[O-].CC(=Nc1cccc([N+](=O)[O-])c1)/C(C)=N\[O-].O.O.[Fe+2]. The van der Waals surface area contributed by atoms with Crippen molar-refractivity contribution in [2.75, 3.05) is 0 Å². The molecule has 2 rings (SSSR count). The van der Waals surface area contributed by atoms with Crippen molar-refractivity contribution >= 4 is 45.6 Å². The number of hydrogen-bond acceptors (Lipinski definition) is 10. The quantitative estimate of drug-likeness (QED) is 0.232. The van der Waals surface area contributed by atoms with E-state index in [9.17, 15) is 30.6 Å². The molecule has 0 heterocycles. The number of non-ortho nitro benzene ring substituents is 2. The zero-order valence-corrected chi connectivity index (χ0v) is 20.2. The van der Waals surface area contributed by atoms with Crippen molar-refractivity contribution in [2.24, 2.45) is 20.3 Å². The molecule has 0 aliphatic rings. The molecule has 0 aromatic heterocycles. The Hall–Kier alpha value is -4.04. The van der Waals surface area contributed by atoms with E-state index >= 15 is 0 Å². The molecule has 2 aromatic rings. The Morgan fingerprint density at radius 1 is 0.657 bits per heavy atom. The standard InChI is InChI=1S/2C10H11N3O3.Fe.2H2O/c2*1-7(8(2)12-14)11-9-4-3-5-10(6-9)13(15)16;;;/h2*3-6,14H,1-2H3;;2*1H2/q;;+2;;/p-2/b2*11-7?,12-8-;;;. The van der Waals surface area contributed by atoms with Gasteiger partial charge in [-0.25, -0.2) is 0 Å². The van der Waals surface area contributed by atoms with Crippen molar-refractivity contribution in [3.63, 3.8) is 0 Å². The summed E-state index contributed by atoms with van der Waals surface area (Å²) >= 11 is 0. The summed E-state index contributed by atoms with van der Waals surface area (Å²) in [4.78, 5) is 28.1. The van der Waals surface area contributed by atoms with Crippen LogP contribution in [-0.4, -0.2) is 43.6 Å². The fourth-order valence-corrected chi connectivity index (χ4v) is 2.03. The van der Waals surface area contributed by atoms with Crippen LogP contribution in [0, 0.1) is 30.6 Å². The second kappa shape index (κ2) is 17.4. The van der Waals surface area contributed by atoms with E-state index in [0.29, 0.717) is 22.8 Å². The molecule has 0 saturated carbocycles. The minimum atomic E-state index is -0.497. The molecule has 0 amide bonds. The van der Waals surface area contributed by atoms with Gasteiger partial charge in [-0.2, -0.15) is 0 Å². The van der Waals surface area contributed by atoms with Gasteiger partial charge in [0.25, 0.3) is 11.4 Å². The van der Waals surface area contributed by atoms with Crippen LogP contribution in [0.4, 0.5) is 22.7 Å². The number of aliphatic imine (C=N–C) groups is 2. The van der Waals surface area contributed by atoms with E-state index in [1.54, 1.807) is 26.0 Å². The molecule has 0 unspecified atom stereocenters. The number of nitro groups is 2. The van der Waals surface area contributed by atoms with Crippen molar-refractivity contribution < 1.29 is 37.9 Å². The fourth-order valence-electron chi connectivity index (χ4n) is 2.03. The predicted molar refractivity (Wildman–Crippen MR) is 132 cm³/mol. The maximum atomic E-state index is 10.5. The molecule has 0 fully saturated rings. The molecule has 0 atom stereocenters. The van der Waals surface area contributed by atoms with Crippen LogP contribution in [0.25, 0.3) is 0 Å². The van der Waals surface area contributed by atoms with Crippen molar-refractivity contribution in [3.05, 3.63) is 79.2 Å². The van der Waals surface area contributed by atoms with Crippen LogP contribution in [0.1, 0.15) is 27.7 Å². The fraction of sp³-hybridized carbons (Fsp3) is 0.200. The third-order valence-electron chi connectivity index (χ3n) is 4.00. The summed E-state index contributed by atoms with van der Waals surface area (Å²) in [6.45, 7) is 6.30. The molecule has 190 valence electrons.